The van der Waals surface area contributed by atoms with Gasteiger partial charge < -0.3 is 4.65 Å². The van der Waals surface area contributed by atoms with Crippen LogP contribution in [0.1, 0.15) is 27.7 Å². The number of hydrogen-bond acceptors (Lipinski definition) is 1. The van der Waals surface area contributed by atoms with E-state index in [2.05, 4.69) is 27.7 Å². The molecule has 1 fully saturated rings. The minimum atomic E-state index is 0.778. The highest BCUT2D eigenvalue weighted by atomic mass is 16.4. The maximum Gasteiger partial charge on any atom is 0.257 e. The molecule has 1 saturated carbocycles. The van der Waals surface area contributed by atoms with Gasteiger partial charge in [-0.15, -0.1) is 0 Å². The summed E-state index contributed by atoms with van der Waals surface area (Å²) in [7, 11) is 1.81. The summed E-state index contributed by atoms with van der Waals surface area (Å²) in [4.78, 5) is 0. The van der Waals surface area contributed by atoms with Gasteiger partial charge in [-0.2, -0.15) is 0 Å². The van der Waals surface area contributed by atoms with Gasteiger partial charge in [0.1, 0.15) is 0 Å². The van der Waals surface area contributed by atoms with Crippen molar-refractivity contribution >= 4 is 8.05 Å². The van der Waals surface area contributed by atoms with Crippen molar-refractivity contribution in [1.82, 2.24) is 0 Å². The SMILES string of the molecule is BOCC1C(C)C(C)C(C)C1C. The molecule has 1 aliphatic rings. The second kappa shape index (κ2) is 3.82. The van der Waals surface area contributed by atoms with Gasteiger partial charge in [0.2, 0.25) is 0 Å². The molecular formula is C10H21BO. The fourth-order valence-corrected chi connectivity index (χ4v) is 2.71. The summed E-state index contributed by atoms with van der Waals surface area (Å²) in [5.74, 6) is 4.16. The van der Waals surface area contributed by atoms with Gasteiger partial charge in [0.25, 0.3) is 8.05 Å². The maximum atomic E-state index is 5.26. The molecule has 0 amide bonds. The normalized spacial score (nSPS) is 48.2. The van der Waals surface area contributed by atoms with Crippen molar-refractivity contribution in [2.75, 3.05) is 6.61 Å². The van der Waals surface area contributed by atoms with Crippen LogP contribution >= 0.6 is 0 Å². The molecular weight excluding hydrogens is 147 g/mol. The topological polar surface area (TPSA) is 9.23 Å². The lowest BCUT2D eigenvalue weighted by Crippen LogP contribution is -2.18. The van der Waals surface area contributed by atoms with Crippen molar-refractivity contribution in [2.45, 2.75) is 27.7 Å². The molecule has 1 rings (SSSR count). The van der Waals surface area contributed by atoms with Gasteiger partial charge in [-0.3, -0.25) is 0 Å². The third-order valence-electron chi connectivity index (χ3n) is 4.20. The van der Waals surface area contributed by atoms with E-state index in [1.165, 1.54) is 0 Å². The van der Waals surface area contributed by atoms with Gasteiger partial charge in [0.05, 0.1) is 0 Å². The Morgan fingerprint density at radius 3 is 1.67 bits per heavy atom. The first kappa shape index (κ1) is 10.1. The Bertz CT molecular complexity index is 135. The molecule has 1 nitrogen and oxygen atoms in total. The van der Waals surface area contributed by atoms with Crippen LogP contribution in [0, 0.1) is 29.6 Å². The summed E-state index contributed by atoms with van der Waals surface area (Å²) >= 11 is 0. The molecule has 4 unspecified atom stereocenters. The predicted molar refractivity (Wildman–Crippen MR) is 54.6 cm³/mol. The van der Waals surface area contributed by atoms with Crippen molar-refractivity contribution in [2.24, 2.45) is 29.6 Å². The molecule has 12 heavy (non-hydrogen) atoms. The zero-order valence-electron chi connectivity index (χ0n) is 9.00. The lowest BCUT2D eigenvalue weighted by Gasteiger charge is -2.20. The summed E-state index contributed by atoms with van der Waals surface area (Å²) in [5, 5.41) is 0. The highest BCUT2D eigenvalue weighted by molar-refractivity contribution is 5.97. The molecule has 0 aromatic rings. The molecule has 0 aromatic carbocycles. The van der Waals surface area contributed by atoms with Crippen molar-refractivity contribution in [3.05, 3.63) is 0 Å². The second-order valence-electron chi connectivity index (χ2n) is 4.56. The molecule has 0 aliphatic heterocycles. The van der Waals surface area contributed by atoms with Crippen LogP contribution < -0.4 is 0 Å². The van der Waals surface area contributed by atoms with Gasteiger partial charge in [-0.05, 0) is 29.6 Å². The van der Waals surface area contributed by atoms with E-state index in [9.17, 15) is 0 Å². The van der Waals surface area contributed by atoms with Gasteiger partial charge in [0, 0.05) is 6.61 Å². The van der Waals surface area contributed by atoms with Gasteiger partial charge in [-0.25, -0.2) is 0 Å². The lowest BCUT2D eigenvalue weighted by atomic mass is 9.90. The standard InChI is InChI=1S/C10H21BO/c1-6-7(2)9(4)10(5-12-11)8(6)3/h6-10H,5,11H2,1-4H3. The van der Waals surface area contributed by atoms with E-state index in [1.54, 1.807) is 0 Å². The first-order valence-corrected chi connectivity index (χ1v) is 5.08. The van der Waals surface area contributed by atoms with E-state index in [0.29, 0.717) is 0 Å². The van der Waals surface area contributed by atoms with Crippen LogP contribution in [0.5, 0.6) is 0 Å². The molecule has 0 radical (unpaired) electrons. The van der Waals surface area contributed by atoms with Gasteiger partial charge in [-0.1, -0.05) is 27.7 Å². The van der Waals surface area contributed by atoms with Crippen LogP contribution in [0.2, 0.25) is 0 Å². The summed E-state index contributed by atoms with van der Waals surface area (Å²) in [6, 6.07) is 0. The van der Waals surface area contributed by atoms with Crippen molar-refractivity contribution in [3.63, 3.8) is 0 Å². The third kappa shape index (κ3) is 1.54. The van der Waals surface area contributed by atoms with Crippen LogP contribution in [-0.2, 0) is 4.65 Å². The average molecular weight is 168 g/mol. The van der Waals surface area contributed by atoms with Crippen molar-refractivity contribution in [1.29, 1.82) is 0 Å². The van der Waals surface area contributed by atoms with E-state index in [-0.39, 0.29) is 0 Å². The minimum Gasteiger partial charge on any atom is -0.444 e. The zero-order chi connectivity index (χ0) is 9.30. The predicted octanol–water partition coefficient (Wildman–Crippen LogP) is 1.73. The Morgan fingerprint density at radius 1 is 0.917 bits per heavy atom. The first-order chi connectivity index (χ1) is 5.59. The average Bonchev–Trinajstić information content (AvgIpc) is 2.23. The summed E-state index contributed by atoms with van der Waals surface area (Å²) in [6.07, 6.45) is 0. The fourth-order valence-electron chi connectivity index (χ4n) is 2.71. The largest absolute Gasteiger partial charge is 0.444 e. The molecule has 1 aliphatic carbocycles. The Labute approximate surface area is 77.3 Å². The first-order valence-electron chi connectivity index (χ1n) is 5.08. The van der Waals surface area contributed by atoms with E-state index in [4.69, 9.17) is 4.65 Å². The molecule has 0 bridgehead atoms. The Kier molecular flexibility index (Phi) is 3.22. The lowest BCUT2D eigenvalue weighted by molar-refractivity contribution is 0.193. The van der Waals surface area contributed by atoms with Crippen LogP contribution in [0.3, 0.4) is 0 Å². The smallest absolute Gasteiger partial charge is 0.257 e. The summed E-state index contributed by atoms with van der Waals surface area (Å²) in [5.41, 5.74) is 0. The third-order valence-corrected chi connectivity index (χ3v) is 4.20. The van der Waals surface area contributed by atoms with E-state index in [0.717, 1.165) is 36.2 Å². The summed E-state index contributed by atoms with van der Waals surface area (Å²) < 4.78 is 5.26. The highest BCUT2D eigenvalue weighted by Gasteiger charge is 2.40. The highest BCUT2D eigenvalue weighted by Crippen LogP contribution is 2.45. The quantitative estimate of drug-likeness (QED) is 0.570. The van der Waals surface area contributed by atoms with E-state index < -0.39 is 0 Å². The molecule has 0 spiro atoms. The Hall–Kier alpha value is 0.0249. The molecule has 0 saturated heterocycles. The van der Waals surface area contributed by atoms with Crippen molar-refractivity contribution < 1.29 is 4.65 Å². The monoisotopic (exact) mass is 168 g/mol. The van der Waals surface area contributed by atoms with E-state index >= 15 is 0 Å². The van der Waals surface area contributed by atoms with Crippen LogP contribution in [-0.4, -0.2) is 14.7 Å². The number of rotatable bonds is 2. The number of hydrogen-bond donors (Lipinski definition) is 0. The van der Waals surface area contributed by atoms with Crippen molar-refractivity contribution in [3.8, 4) is 0 Å². The molecule has 4 atom stereocenters. The second-order valence-corrected chi connectivity index (χ2v) is 4.56. The fraction of sp³-hybridized carbons (Fsp3) is 1.00. The maximum absolute atomic E-state index is 5.26. The molecule has 0 N–H and O–H groups in total. The minimum absolute atomic E-state index is 0.778. The van der Waals surface area contributed by atoms with E-state index in [1.807, 2.05) is 8.05 Å². The van der Waals surface area contributed by atoms with Crippen LogP contribution in [0.15, 0.2) is 0 Å². The van der Waals surface area contributed by atoms with Crippen LogP contribution in [0.25, 0.3) is 0 Å². The zero-order valence-corrected chi connectivity index (χ0v) is 9.00. The Balaban J connectivity index is 2.62. The molecule has 0 aromatic heterocycles. The summed E-state index contributed by atoms with van der Waals surface area (Å²) in [6.45, 7) is 10.4. The molecule has 2 heteroatoms. The van der Waals surface area contributed by atoms with Gasteiger partial charge in [0.15, 0.2) is 0 Å². The Morgan fingerprint density at radius 2 is 1.33 bits per heavy atom. The molecule has 70 valence electrons. The van der Waals surface area contributed by atoms with Gasteiger partial charge >= 0.3 is 0 Å². The van der Waals surface area contributed by atoms with Crippen LogP contribution in [0.4, 0.5) is 0 Å². The molecule has 0 heterocycles.